The number of ketones is 1. The van der Waals surface area contributed by atoms with Gasteiger partial charge in [0.1, 0.15) is 11.5 Å². The van der Waals surface area contributed by atoms with Gasteiger partial charge >= 0.3 is 0 Å². The third-order valence-electron chi connectivity index (χ3n) is 5.78. The van der Waals surface area contributed by atoms with Crippen LogP contribution in [0.1, 0.15) is 40.9 Å². The number of benzene rings is 4. The molecule has 38 heavy (non-hydrogen) atoms. The highest BCUT2D eigenvalue weighted by molar-refractivity contribution is 6.09. The fourth-order valence-corrected chi connectivity index (χ4v) is 3.90. The van der Waals surface area contributed by atoms with Gasteiger partial charge in [-0.15, -0.1) is 0 Å². The van der Waals surface area contributed by atoms with Crippen LogP contribution < -0.4 is 18.9 Å². The highest BCUT2D eigenvalue weighted by Crippen LogP contribution is 2.34. The Morgan fingerprint density at radius 3 is 1.29 bits per heavy atom. The molecule has 5 heteroatoms. The van der Waals surface area contributed by atoms with Crippen LogP contribution in [0, 0.1) is 0 Å². The summed E-state index contributed by atoms with van der Waals surface area (Å²) in [6, 6.07) is 25.6. The number of hydrogen-bond donors (Lipinski definition) is 0. The van der Waals surface area contributed by atoms with E-state index in [1.54, 1.807) is 62.8 Å². The monoisotopic (exact) mass is 506 g/mol. The molecular formula is C33H30O5. The molecule has 0 saturated heterocycles. The van der Waals surface area contributed by atoms with Crippen molar-refractivity contribution in [1.82, 2.24) is 0 Å². The second-order valence-corrected chi connectivity index (χ2v) is 8.40. The van der Waals surface area contributed by atoms with Gasteiger partial charge in [0.15, 0.2) is 28.8 Å². The lowest BCUT2D eigenvalue weighted by Gasteiger charge is -2.12. The lowest BCUT2D eigenvalue weighted by molar-refractivity contribution is 0.103. The summed E-state index contributed by atoms with van der Waals surface area (Å²) in [5.74, 6) is 3.59. The van der Waals surface area contributed by atoms with Gasteiger partial charge in [0.25, 0.3) is 0 Å². The third-order valence-corrected chi connectivity index (χ3v) is 5.78. The molecule has 0 spiro atoms. The summed E-state index contributed by atoms with van der Waals surface area (Å²) in [4.78, 5) is 13.0. The fourth-order valence-electron chi connectivity index (χ4n) is 3.90. The SMILES string of the molecule is CC=Cc1ccc(Oc2ccc(C(=O)c3ccc(Oc4ccc(C=CC)cc4OC)cc3)cc2)c(OC)c1. The van der Waals surface area contributed by atoms with E-state index in [1.165, 1.54) is 0 Å². The normalized spacial score (nSPS) is 11.1. The van der Waals surface area contributed by atoms with Gasteiger partial charge in [-0.3, -0.25) is 4.79 Å². The van der Waals surface area contributed by atoms with Crippen molar-refractivity contribution in [3.8, 4) is 34.5 Å². The van der Waals surface area contributed by atoms with Crippen LogP contribution in [0.15, 0.2) is 97.1 Å². The molecule has 5 nitrogen and oxygen atoms in total. The van der Waals surface area contributed by atoms with Crippen LogP contribution in [0.4, 0.5) is 0 Å². The largest absolute Gasteiger partial charge is 0.493 e. The summed E-state index contributed by atoms with van der Waals surface area (Å²) < 4.78 is 22.9. The molecular weight excluding hydrogens is 476 g/mol. The lowest BCUT2D eigenvalue weighted by atomic mass is 10.0. The lowest BCUT2D eigenvalue weighted by Crippen LogP contribution is -2.01. The zero-order valence-corrected chi connectivity index (χ0v) is 21.9. The molecule has 0 aliphatic carbocycles. The minimum absolute atomic E-state index is 0.0929. The van der Waals surface area contributed by atoms with Crippen LogP contribution in [0.5, 0.6) is 34.5 Å². The van der Waals surface area contributed by atoms with Crippen LogP contribution in [0.3, 0.4) is 0 Å². The highest BCUT2D eigenvalue weighted by atomic mass is 16.5. The van der Waals surface area contributed by atoms with Crippen molar-refractivity contribution in [2.45, 2.75) is 13.8 Å². The van der Waals surface area contributed by atoms with E-state index in [4.69, 9.17) is 18.9 Å². The van der Waals surface area contributed by atoms with E-state index in [9.17, 15) is 4.79 Å². The molecule has 4 rings (SSSR count). The van der Waals surface area contributed by atoms with E-state index in [0.717, 1.165) is 11.1 Å². The van der Waals surface area contributed by atoms with Gasteiger partial charge < -0.3 is 18.9 Å². The Morgan fingerprint density at radius 2 is 0.947 bits per heavy atom. The number of methoxy groups -OCH3 is 2. The molecule has 0 atom stereocenters. The Labute approximate surface area is 223 Å². The third kappa shape index (κ3) is 6.31. The molecule has 0 heterocycles. The van der Waals surface area contributed by atoms with E-state index < -0.39 is 0 Å². The summed E-state index contributed by atoms with van der Waals surface area (Å²) in [7, 11) is 3.22. The van der Waals surface area contributed by atoms with Crippen molar-refractivity contribution in [2.24, 2.45) is 0 Å². The molecule has 4 aromatic rings. The number of carbonyl (C=O) groups is 1. The average molecular weight is 507 g/mol. The van der Waals surface area contributed by atoms with E-state index in [0.29, 0.717) is 45.6 Å². The minimum atomic E-state index is -0.0929. The second kappa shape index (κ2) is 12.5. The van der Waals surface area contributed by atoms with E-state index >= 15 is 0 Å². The standard InChI is InChI=1S/C33H30O5/c1-5-7-23-9-19-29(31(21-23)35-3)37-27-15-11-25(12-16-27)33(34)26-13-17-28(18-14-26)38-30-20-10-24(8-6-2)22-32(30)36-4/h5-22H,1-4H3. The molecule has 0 aliphatic heterocycles. The number of carbonyl (C=O) groups excluding carboxylic acids is 1. The zero-order valence-electron chi connectivity index (χ0n) is 21.9. The van der Waals surface area contributed by atoms with Crippen LogP contribution in [-0.2, 0) is 0 Å². The quantitative estimate of drug-likeness (QED) is 0.202. The average Bonchev–Trinajstić information content (AvgIpc) is 2.95. The summed E-state index contributed by atoms with van der Waals surface area (Å²) >= 11 is 0. The van der Waals surface area contributed by atoms with Crippen LogP contribution in [0.25, 0.3) is 12.2 Å². The van der Waals surface area contributed by atoms with Gasteiger partial charge in [-0.1, -0.05) is 36.4 Å². The maximum absolute atomic E-state index is 13.0. The summed E-state index contributed by atoms with van der Waals surface area (Å²) in [6.07, 6.45) is 7.91. The summed E-state index contributed by atoms with van der Waals surface area (Å²) in [6.45, 7) is 3.93. The summed E-state index contributed by atoms with van der Waals surface area (Å²) in [5, 5.41) is 0. The van der Waals surface area contributed by atoms with E-state index in [1.807, 2.05) is 74.5 Å². The molecule has 0 saturated carbocycles. The maximum atomic E-state index is 13.0. The van der Waals surface area contributed by atoms with Crippen molar-refractivity contribution >= 4 is 17.9 Å². The van der Waals surface area contributed by atoms with Crippen molar-refractivity contribution in [3.05, 3.63) is 119 Å². The first-order valence-corrected chi connectivity index (χ1v) is 12.3. The number of ether oxygens (including phenoxy) is 4. The van der Waals surface area contributed by atoms with Crippen LogP contribution in [0.2, 0.25) is 0 Å². The molecule has 0 radical (unpaired) electrons. The van der Waals surface area contributed by atoms with Crippen LogP contribution >= 0.6 is 0 Å². The van der Waals surface area contributed by atoms with E-state index in [-0.39, 0.29) is 5.78 Å². The molecule has 4 aromatic carbocycles. The highest BCUT2D eigenvalue weighted by Gasteiger charge is 2.12. The van der Waals surface area contributed by atoms with Gasteiger partial charge in [-0.2, -0.15) is 0 Å². The van der Waals surface area contributed by atoms with Gasteiger partial charge in [0.05, 0.1) is 14.2 Å². The zero-order chi connectivity index (χ0) is 26.9. The smallest absolute Gasteiger partial charge is 0.193 e. The first-order chi connectivity index (χ1) is 18.5. The predicted octanol–water partition coefficient (Wildman–Crippen LogP) is 8.59. The second-order valence-electron chi connectivity index (χ2n) is 8.40. The Kier molecular flexibility index (Phi) is 8.62. The van der Waals surface area contributed by atoms with Gasteiger partial charge in [0.2, 0.25) is 0 Å². The predicted molar refractivity (Wildman–Crippen MR) is 152 cm³/mol. The molecule has 0 bridgehead atoms. The van der Waals surface area contributed by atoms with Gasteiger partial charge in [-0.25, -0.2) is 0 Å². The van der Waals surface area contributed by atoms with Crippen molar-refractivity contribution in [2.75, 3.05) is 14.2 Å². The van der Waals surface area contributed by atoms with Gasteiger partial charge in [0, 0.05) is 11.1 Å². The number of hydrogen-bond acceptors (Lipinski definition) is 5. The molecule has 0 N–H and O–H groups in total. The first kappa shape index (κ1) is 26.3. The van der Waals surface area contributed by atoms with Crippen molar-refractivity contribution in [3.63, 3.8) is 0 Å². The Balaban J connectivity index is 1.44. The fraction of sp³-hybridized carbons (Fsp3) is 0.121. The molecule has 0 amide bonds. The topological polar surface area (TPSA) is 54.0 Å². The molecule has 0 aromatic heterocycles. The molecule has 0 fully saturated rings. The van der Waals surface area contributed by atoms with Crippen LogP contribution in [-0.4, -0.2) is 20.0 Å². The molecule has 0 unspecified atom stereocenters. The number of allylic oxidation sites excluding steroid dienone is 2. The minimum Gasteiger partial charge on any atom is -0.493 e. The van der Waals surface area contributed by atoms with Crippen molar-refractivity contribution < 1.29 is 23.7 Å². The summed E-state index contributed by atoms with van der Waals surface area (Å²) in [5.41, 5.74) is 3.16. The van der Waals surface area contributed by atoms with Crippen molar-refractivity contribution in [1.29, 1.82) is 0 Å². The van der Waals surface area contributed by atoms with Gasteiger partial charge in [-0.05, 0) is 97.8 Å². The first-order valence-electron chi connectivity index (χ1n) is 12.3. The Bertz CT molecular complexity index is 1340. The Hall–Kier alpha value is -4.77. The Morgan fingerprint density at radius 1 is 0.553 bits per heavy atom. The molecule has 192 valence electrons. The van der Waals surface area contributed by atoms with E-state index in [2.05, 4.69) is 0 Å². The maximum Gasteiger partial charge on any atom is 0.193 e. The number of rotatable bonds is 10. The molecule has 0 aliphatic rings.